The summed E-state index contributed by atoms with van der Waals surface area (Å²) in [7, 11) is 1.26. The van der Waals surface area contributed by atoms with Crippen LogP contribution in [0.15, 0.2) is 83.3 Å². The summed E-state index contributed by atoms with van der Waals surface area (Å²) in [6, 6.07) is 23.6. The van der Waals surface area contributed by atoms with Gasteiger partial charge in [-0.05, 0) is 62.6 Å². The van der Waals surface area contributed by atoms with Crippen molar-refractivity contribution in [2.24, 2.45) is 0 Å². The summed E-state index contributed by atoms with van der Waals surface area (Å²) >= 11 is 0. The van der Waals surface area contributed by atoms with Gasteiger partial charge >= 0.3 is 11.9 Å². The minimum Gasteiger partial charge on any atom is -0.467 e. The fourth-order valence-electron chi connectivity index (χ4n) is 5.76. The van der Waals surface area contributed by atoms with Crippen molar-refractivity contribution in [1.82, 2.24) is 5.32 Å². The van der Waals surface area contributed by atoms with Crippen LogP contribution in [-0.2, 0) is 25.5 Å². The number of aryl methyl sites for hydroxylation is 2. The van der Waals surface area contributed by atoms with E-state index in [1.54, 1.807) is 12.1 Å². The number of benzene rings is 4. The van der Waals surface area contributed by atoms with Gasteiger partial charge in [-0.3, -0.25) is 4.79 Å². The molecular weight excluding hydrogens is 594 g/mol. The van der Waals surface area contributed by atoms with Gasteiger partial charge in [0.15, 0.2) is 6.61 Å². The van der Waals surface area contributed by atoms with Crippen molar-refractivity contribution < 1.29 is 33.3 Å². The van der Waals surface area contributed by atoms with Crippen LogP contribution < -0.4 is 21.0 Å². The summed E-state index contributed by atoms with van der Waals surface area (Å²) < 4.78 is 16.9. The number of fused-ring (bicyclic) bond motifs is 2. The second-order valence-corrected chi connectivity index (χ2v) is 11.3. The van der Waals surface area contributed by atoms with E-state index in [0.29, 0.717) is 22.5 Å². The third kappa shape index (κ3) is 7.35. The standard InChI is InChI=1S/C38H39N3O6/c1-6-39-30-20-33-28(17-23(30)3)36(29-18-24(4)31(40-7-2)21-34(29)47-33)26-15-11-12-16-27(26)37(43)46-22-35(42)41-32(38(44)45-5)19-25-13-9-8-10-14-25/h8-18,20-21,32,39H,6-7,19,22H2,1-5H3,(H,41,42)/p+1. The highest BCUT2D eigenvalue weighted by molar-refractivity contribution is 6.08. The summed E-state index contributed by atoms with van der Waals surface area (Å²) in [5.74, 6) is -1.21. The van der Waals surface area contributed by atoms with E-state index in [1.807, 2.05) is 82.3 Å². The zero-order valence-corrected chi connectivity index (χ0v) is 27.4. The van der Waals surface area contributed by atoms with Crippen LogP contribution in [0.25, 0.3) is 33.4 Å². The predicted molar refractivity (Wildman–Crippen MR) is 181 cm³/mol. The molecular formula is C38H40N3O6+. The topological polar surface area (TPSA) is 121 Å². The maximum atomic E-state index is 13.7. The number of carbonyl (C=O) groups excluding carboxylic acids is 3. The molecule has 1 aliphatic carbocycles. The highest BCUT2D eigenvalue weighted by Gasteiger charge is 2.26. The number of amides is 1. The Hall–Kier alpha value is -5.44. The van der Waals surface area contributed by atoms with E-state index in [-0.39, 0.29) is 6.42 Å². The van der Waals surface area contributed by atoms with Gasteiger partial charge in [0, 0.05) is 46.8 Å². The van der Waals surface area contributed by atoms with Crippen LogP contribution in [0.5, 0.6) is 0 Å². The smallest absolute Gasteiger partial charge is 0.339 e. The Morgan fingerprint density at radius 1 is 0.894 bits per heavy atom. The number of methoxy groups -OCH3 is 1. The van der Waals surface area contributed by atoms with Crippen LogP contribution in [0, 0.1) is 13.8 Å². The normalized spacial score (nSPS) is 12.1. The van der Waals surface area contributed by atoms with Gasteiger partial charge in [-0.15, -0.1) is 0 Å². The van der Waals surface area contributed by atoms with E-state index in [0.717, 1.165) is 57.3 Å². The van der Waals surface area contributed by atoms with Crippen LogP contribution in [-0.4, -0.2) is 50.7 Å². The van der Waals surface area contributed by atoms with Crippen LogP contribution in [0.3, 0.4) is 0 Å². The number of rotatable bonds is 11. The molecule has 3 aromatic rings. The third-order valence-electron chi connectivity index (χ3n) is 8.00. The quantitative estimate of drug-likeness (QED) is 0.146. The second-order valence-electron chi connectivity index (χ2n) is 11.3. The predicted octanol–water partition coefficient (Wildman–Crippen LogP) is 4.31. The minimum atomic E-state index is -0.933. The van der Waals surface area contributed by atoms with Crippen molar-refractivity contribution in [3.05, 3.63) is 106 Å². The van der Waals surface area contributed by atoms with E-state index in [9.17, 15) is 14.4 Å². The Balaban J connectivity index is 1.51. The molecule has 0 fully saturated rings. The Bertz CT molecular complexity index is 1960. The average molecular weight is 635 g/mol. The first kappa shape index (κ1) is 32.9. The van der Waals surface area contributed by atoms with Gasteiger partial charge in [-0.25, -0.2) is 14.6 Å². The fraction of sp³-hybridized carbons (Fsp3) is 0.263. The molecule has 0 bridgehead atoms. The second kappa shape index (κ2) is 14.8. The molecule has 3 N–H and O–H groups in total. The molecule has 9 nitrogen and oxygen atoms in total. The lowest BCUT2D eigenvalue weighted by molar-refractivity contribution is -0.496. The number of hydrogen-bond acceptors (Lipinski definition) is 7. The molecule has 2 aliphatic rings. The highest BCUT2D eigenvalue weighted by atomic mass is 16.5. The molecule has 47 heavy (non-hydrogen) atoms. The number of hydrogen-bond donors (Lipinski definition) is 3. The molecule has 1 heterocycles. The number of anilines is 1. The van der Waals surface area contributed by atoms with Crippen molar-refractivity contribution in [1.29, 1.82) is 0 Å². The summed E-state index contributed by atoms with van der Waals surface area (Å²) in [6.07, 6.45) is 0.235. The molecule has 1 atom stereocenters. The molecule has 0 radical (unpaired) electrons. The Kier molecular flexibility index (Phi) is 10.3. The number of ether oxygens (including phenoxy) is 2. The molecule has 1 unspecified atom stereocenters. The Labute approximate surface area is 274 Å². The minimum absolute atomic E-state index is 0.235. The van der Waals surface area contributed by atoms with Gasteiger partial charge in [-0.1, -0.05) is 48.5 Å². The van der Waals surface area contributed by atoms with E-state index >= 15 is 0 Å². The van der Waals surface area contributed by atoms with E-state index in [1.165, 1.54) is 7.11 Å². The van der Waals surface area contributed by atoms with Crippen LogP contribution >= 0.6 is 0 Å². The number of nitrogens with one attached hydrogen (secondary N) is 3. The number of carbonyl (C=O) groups is 3. The molecule has 5 rings (SSSR count). The number of esters is 2. The lowest BCUT2D eigenvalue weighted by atomic mass is 9.89. The fourth-order valence-corrected chi connectivity index (χ4v) is 5.76. The molecule has 3 aromatic carbocycles. The van der Waals surface area contributed by atoms with Gasteiger partial charge in [0.1, 0.15) is 23.9 Å². The van der Waals surface area contributed by atoms with E-state index < -0.39 is 30.5 Å². The van der Waals surface area contributed by atoms with Gasteiger partial charge < -0.3 is 24.5 Å². The van der Waals surface area contributed by atoms with Gasteiger partial charge in [0.2, 0.25) is 5.36 Å². The van der Waals surface area contributed by atoms with Crippen LogP contribution in [0.2, 0.25) is 0 Å². The molecule has 1 amide bonds. The Morgan fingerprint density at radius 3 is 2.36 bits per heavy atom. The molecule has 242 valence electrons. The average Bonchev–Trinajstić information content (AvgIpc) is 3.07. The van der Waals surface area contributed by atoms with Gasteiger partial charge in [-0.2, -0.15) is 0 Å². The van der Waals surface area contributed by atoms with Crippen molar-refractivity contribution in [2.45, 2.75) is 40.2 Å². The SMILES string of the molecule is CCNc1cc2oc3cc(=[NH+]CC)c(C)cc-3c(-c3ccccc3C(=O)OCC(=O)NC(Cc3ccccc3)C(=O)OC)c2cc1C. The van der Waals surface area contributed by atoms with E-state index in [4.69, 9.17) is 13.9 Å². The maximum absolute atomic E-state index is 13.7. The molecule has 0 saturated carbocycles. The first-order valence-electron chi connectivity index (χ1n) is 15.7. The third-order valence-corrected chi connectivity index (χ3v) is 8.00. The first-order chi connectivity index (χ1) is 22.7. The van der Waals surface area contributed by atoms with Crippen molar-refractivity contribution >= 4 is 34.5 Å². The van der Waals surface area contributed by atoms with E-state index in [2.05, 4.69) is 27.8 Å². The lowest BCUT2D eigenvalue weighted by Gasteiger charge is -2.19. The zero-order chi connectivity index (χ0) is 33.5. The monoisotopic (exact) mass is 634 g/mol. The summed E-state index contributed by atoms with van der Waals surface area (Å²) in [4.78, 5) is 42.4. The lowest BCUT2D eigenvalue weighted by Crippen LogP contribution is -2.76. The summed E-state index contributed by atoms with van der Waals surface area (Å²) in [5, 5.41) is 7.85. The molecule has 1 aliphatic heterocycles. The first-order valence-corrected chi connectivity index (χ1v) is 15.7. The summed E-state index contributed by atoms with van der Waals surface area (Å²) in [5.41, 5.74) is 7.14. The Morgan fingerprint density at radius 2 is 1.64 bits per heavy atom. The molecule has 0 aromatic heterocycles. The van der Waals surface area contributed by atoms with Crippen LogP contribution in [0.4, 0.5) is 5.69 Å². The summed E-state index contributed by atoms with van der Waals surface area (Å²) in [6.45, 7) is 9.08. The zero-order valence-electron chi connectivity index (χ0n) is 27.4. The van der Waals surface area contributed by atoms with Crippen LogP contribution in [0.1, 0.15) is 40.9 Å². The van der Waals surface area contributed by atoms with Crippen molar-refractivity contribution in [3.63, 3.8) is 0 Å². The largest absolute Gasteiger partial charge is 0.467 e. The van der Waals surface area contributed by atoms with Gasteiger partial charge in [0.05, 0.1) is 18.7 Å². The van der Waals surface area contributed by atoms with Crippen molar-refractivity contribution in [3.8, 4) is 22.5 Å². The van der Waals surface area contributed by atoms with Gasteiger partial charge in [0.25, 0.3) is 5.91 Å². The highest BCUT2D eigenvalue weighted by Crippen LogP contribution is 2.42. The molecule has 9 heteroatoms. The molecule has 0 spiro atoms. The molecule has 0 saturated heterocycles. The van der Waals surface area contributed by atoms with Crippen molar-refractivity contribution in [2.75, 3.05) is 32.1 Å². The maximum Gasteiger partial charge on any atom is 0.339 e.